The van der Waals surface area contributed by atoms with Gasteiger partial charge in [0.05, 0.1) is 24.9 Å². The van der Waals surface area contributed by atoms with E-state index in [4.69, 9.17) is 35.9 Å². The van der Waals surface area contributed by atoms with Crippen molar-refractivity contribution in [2.75, 3.05) is 23.1 Å². The molecule has 3 aromatic rings. The molecule has 250 valence electrons. The number of benzene rings is 1. The van der Waals surface area contributed by atoms with E-state index in [1.54, 1.807) is 44.2 Å². The maximum absolute atomic E-state index is 16.0. The number of ether oxygens (including phenoxy) is 2. The van der Waals surface area contributed by atoms with Gasteiger partial charge in [-0.1, -0.05) is 18.2 Å². The Labute approximate surface area is 270 Å². The van der Waals surface area contributed by atoms with Crippen LogP contribution in [0.15, 0.2) is 36.7 Å². The summed E-state index contributed by atoms with van der Waals surface area (Å²) < 4.78 is 54.1. The average Bonchev–Trinajstić information content (AvgIpc) is 3.96. The third-order valence-corrected chi connectivity index (χ3v) is 10.1. The number of hydrogen-bond acceptors (Lipinski definition) is 12. The van der Waals surface area contributed by atoms with Crippen molar-refractivity contribution < 1.29 is 37.4 Å². The highest BCUT2D eigenvalue weighted by Gasteiger charge is 2.57. The molecule has 1 aliphatic heterocycles. The lowest BCUT2D eigenvalue weighted by Gasteiger charge is -2.31. The minimum Gasteiger partial charge on any atom is -0.462 e. The highest BCUT2D eigenvalue weighted by Crippen LogP contribution is 2.49. The van der Waals surface area contributed by atoms with E-state index in [1.165, 1.54) is 17.8 Å². The van der Waals surface area contributed by atoms with E-state index in [1.807, 2.05) is 0 Å². The number of halogens is 2. The molecular weight excluding hydrogens is 644 g/mol. The number of aliphatic hydroxyl groups excluding tert-OH is 1. The molecule has 1 saturated heterocycles. The molecule has 4 N–H and O–H groups in total. The second-order valence-electron chi connectivity index (χ2n) is 12.2. The molecule has 6 rings (SSSR count). The van der Waals surface area contributed by atoms with Gasteiger partial charge in [0, 0.05) is 12.1 Å². The maximum Gasteiger partial charge on any atom is 0.459 e. The Morgan fingerprint density at radius 2 is 1.91 bits per heavy atom. The first kappa shape index (κ1) is 32.9. The predicted molar refractivity (Wildman–Crippen MR) is 167 cm³/mol. The van der Waals surface area contributed by atoms with Gasteiger partial charge in [0.15, 0.2) is 29.4 Å². The zero-order valence-electron chi connectivity index (χ0n) is 25.7. The Kier molecular flexibility index (Phi) is 9.18. The van der Waals surface area contributed by atoms with Crippen molar-refractivity contribution in [1.29, 1.82) is 0 Å². The van der Waals surface area contributed by atoms with Crippen LogP contribution in [0.2, 0.25) is 0 Å². The number of fused-ring (bicyclic) bond motifs is 1. The number of nitrogen functional groups attached to an aromatic ring is 1. The van der Waals surface area contributed by atoms with Crippen LogP contribution in [0.5, 0.6) is 5.75 Å². The largest absolute Gasteiger partial charge is 0.462 e. The van der Waals surface area contributed by atoms with Gasteiger partial charge in [-0.15, -0.1) is 11.6 Å². The second-order valence-corrected chi connectivity index (χ2v) is 14.2. The van der Waals surface area contributed by atoms with E-state index in [9.17, 15) is 14.5 Å². The van der Waals surface area contributed by atoms with Crippen molar-refractivity contribution in [2.45, 2.75) is 94.8 Å². The first-order valence-corrected chi connectivity index (χ1v) is 17.3. The number of imidazole rings is 1. The summed E-state index contributed by atoms with van der Waals surface area (Å²) in [5.74, 6) is -0.402. The summed E-state index contributed by atoms with van der Waals surface area (Å²) in [6, 6.07) is 7.69. The maximum atomic E-state index is 16.0. The van der Waals surface area contributed by atoms with E-state index in [-0.39, 0.29) is 17.3 Å². The number of nitrogens with two attached hydrogens (primary N) is 1. The van der Waals surface area contributed by atoms with E-state index in [2.05, 4.69) is 24.9 Å². The van der Waals surface area contributed by atoms with Gasteiger partial charge in [-0.25, -0.2) is 13.9 Å². The Morgan fingerprint density at radius 3 is 2.52 bits per heavy atom. The number of para-hydroxylation sites is 1. The normalized spacial score (nSPS) is 26.6. The molecular formula is C29H38ClFN7O7P. The van der Waals surface area contributed by atoms with Crippen LogP contribution in [0.25, 0.3) is 11.2 Å². The molecule has 46 heavy (non-hydrogen) atoms. The number of aromatic nitrogens is 4. The number of hydrogen-bond donors (Lipinski definition) is 3. The van der Waals surface area contributed by atoms with Crippen LogP contribution in [-0.4, -0.2) is 85.2 Å². The number of nitrogens with zero attached hydrogens (tertiary/aromatic N) is 5. The van der Waals surface area contributed by atoms with Crippen LogP contribution in [0.1, 0.15) is 52.7 Å². The number of alkyl halides is 2. The molecule has 17 heteroatoms. The number of aliphatic hydroxyl groups is 1. The second kappa shape index (κ2) is 12.9. The van der Waals surface area contributed by atoms with Gasteiger partial charge in [-0.05, 0) is 58.6 Å². The van der Waals surface area contributed by atoms with Crippen LogP contribution in [0, 0.1) is 0 Å². The smallest absolute Gasteiger partial charge is 0.459 e. The zero-order chi connectivity index (χ0) is 32.8. The monoisotopic (exact) mass is 681 g/mol. The quantitative estimate of drug-likeness (QED) is 0.127. The van der Waals surface area contributed by atoms with Gasteiger partial charge in [0.2, 0.25) is 5.95 Å². The lowest BCUT2D eigenvalue weighted by atomic mass is 9.99. The number of nitrogens with one attached hydrogen (secondary N) is 1. The number of anilines is 2. The van der Waals surface area contributed by atoms with Gasteiger partial charge in [0.1, 0.15) is 23.5 Å². The van der Waals surface area contributed by atoms with Crippen LogP contribution < -0.4 is 20.2 Å². The minimum absolute atomic E-state index is 0.00775. The molecule has 1 aromatic carbocycles. The molecule has 14 nitrogen and oxygen atoms in total. The zero-order valence-corrected chi connectivity index (χ0v) is 27.3. The summed E-state index contributed by atoms with van der Waals surface area (Å²) >= 11 is 6.31. The van der Waals surface area contributed by atoms with E-state index in [0.717, 1.165) is 25.7 Å². The standard InChI is InChI=1S/C29H38ClFN7O7P/c1-16(2)43-27(40)17(3)36-46(41,45-20-7-5-4-6-8-20)42-14-29(13-30)23(39)21(31)26(44-29)37-15-33-22-24(37)34-28(32)35-25(22)38(18-9-10-18)19-11-12-19/h4-8,15-19,21,23,26,39H,9-14H2,1-3H3,(H,36,41)(H2,32,34,35)/t17-,21+,23-,26+,29+,46+/m0/s1. The van der Waals surface area contributed by atoms with Crippen LogP contribution >= 0.6 is 19.3 Å². The summed E-state index contributed by atoms with van der Waals surface area (Å²) in [6.45, 7) is 4.11. The molecule has 0 bridgehead atoms. The lowest BCUT2D eigenvalue weighted by Crippen LogP contribution is -2.48. The Balaban J connectivity index is 1.26. The van der Waals surface area contributed by atoms with Crippen molar-refractivity contribution in [2.24, 2.45) is 0 Å². The molecule has 0 spiro atoms. The molecule has 2 aliphatic carbocycles. The summed E-state index contributed by atoms with van der Waals surface area (Å²) in [4.78, 5) is 28.1. The molecule has 0 unspecified atom stereocenters. The van der Waals surface area contributed by atoms with Gasteiger partial charge >= 0.3 is 13.7 Å². The van der Waals surface area contributed by atoms with Crippen molar-refractivity contribution in [3.05, 3.63) is 36.7 Å². The number of carbonyl (C=O) groups is 1. The van der Waals surface area contributed by atoms with Gasteiger partial charge in [-0.2, -0.15) is 15.1 Å². The lowest BCUT2D eigenvalue weighted by molar-refractivity contribution is -0.149. The van der Waals surface area contributed by atoms with E-state index < -0.39 is 62.5 Å². The summed E-state index contributed by atoms with van der Waals surface area (Å²) in [5, 5.41) is 13.7. The molecule has 6 atom stereocenters. The fourth-order valence-electron chi connectivity index (χ4n) is 5.46. The summed E-state index contributed by atoms with van der Waals surface area (Å²) in [6.07, 6.45) is -0.200. The van der Waals surface area contributed by atoms with Crippen molar-refractivity contribution in [3.63, 3.8) is 0 Å². The van der Waals surface area contributed by atoms with Gasteiger partial charge < -0.3 is 29.7 Å². The fourth-order valence-corrected chi connectivity index (χ4v) is 7.31. The topological polar surface area (TPSA) is 176 Å². The van der Waals surface area contributed by atoms with Crippen LogP contribution in [0.3, 0.4) is 0 Å². The predicted octanol–water partition coefficient (Wildman–Crippen LogP) is 3.88. The first-order valence-electron chi connectivity index (χ1n) is 15.3. The van der Waals surface area contributed by atoms with E-state index in [0.29, 0.717) is 23.4 Å². The average molecular weight is 682 g/mol. The third kappa shape index (κ3) is 6.67. The minimum atomic E-state index is -4.38. The highest BCUT2D eigenvalue weighted by atomic mass is 35.5. The fraction of sp³-hybridized carbons (Fsp3) is 0.586. The number of carbonyl (C=O) groups excluding carboxylic acids is 1. The molecule has 2 saturated carbocycles. The molecule has 0 amide bonds. The Hall–Kier alpha value is -3.07. The molecule has 0 radical (unpaired) electrons. The molecule has 3 fully saturated rings. The molecule has 2 aromatic heterocycles. The van der Waals surface area contributed by atoms with Crippen LogP contribution in [0.4, 0.5) is 16.2 Å². The molecule has 3 heterocycles. The van der Waals surface area contributed by atoms with Gasteiger partial charge in [0.25, 0.3) is 0 Å². The third-order valence-electron chi connectivity index (χ3n) is 8.02. The molecule has 3 aliphatic rings. The summed E-state index contributed by atoms with van der Waals surface area (Å²) in [5.41, 5.74) is 4.89. The SMILES string of the molecule is CC(C)OC(=O)[C@H](C)N[P@@](=O)(OC[C@@]1(CCl)O[C@@H](n2cnc3c(N(C4CC4)C4CC4)nc(N)nc32)[C@H](F)[C@@H]1O)Oc1ccccc1. The van der Waals surface area contributed by atoms with E-state index >= 15 is 4.39 Å². The summed E-state index contributed by atoms with van der Waals surface area (Å²) in [7, 11) is -4.38. The van der Waals surface area contributed by atoms with Gasteiger partial charge in [-0.3, -0.25) is 13.9 Å². The van der Waals surface area contributed by atoms with Crippen molar-refractivity contribution >= 4 is 48.2 Å². The first-order chi connectivity index (χ1) is 21.9. The van der Waals surface area contributed by atoms with Crippen molar-refractivity contribution in [3.8, 4) is 5.75 Å². The van der Waals surface area contributed by atoms with Crippen molar-refractivity contribution in [1.82, 2.24) is 24.6 Å². The van der Waals surface area contributed by atoms with Crippen LogP contribution in [-0.2, 0) is 23.4 Å². The number of esters is 1. The Morgan fingerprint density at radius 1 is 1.24 bits per heavy atom. The number of rotatable bonds is 14. The Bertz CT molecular complexity index is 1600. The highest BCUT2D eigenvalue weighted by molar-refractivity contribution is 7.52.